The molecule has 2 atom stereocenters. The summed E-state index contributed by atoms with van der Waals surface area (Å²) in [5.41, 5.74) is 2.42. The summed E-state index contributed by atoms with van der Waals surface area (Å²) in [5.74, 6) is 0. The first-order valence-corrected chi connectivity index (χ1v) is 14.5. The second-order valence-corrected chi connectivity index (χ2v) is 12.2. The van der Waals surface area contributed by atoms with Gasteiger partial charge in [-0.3, -0.25) is 9.97 Å². The lowest BCUT2D eigenvalue weighted by Crippen LogP contribution is -2.21. The molecule has 33 heavy (non-hydrogen) atoms. The lowest BCUT2D eigenvalue weighted by molar-refractivity contribution is 0.481. The fourth-order valence-corrected chi connectivity index (χ4v) is 8.11. The van der Waals surface area contributed by atoms with Gasteiger partial charge >= 0.3 is 0 Å². The van der Waals surface area contributed by atoms with Crippen LogP contribution in [0.1, 0.15) is 20.3 Å². The summed E-state index contributed by atoms with van der Waals surface area (Å²) in [6.45, 7) is 11.9. The van der Waals surface area contributed by atoms with Crippen LogP contribution in [-0.2, 0) is 0 Å². The van der Waals surface area contributed by atoms with E-state index >= 15 is 0 Å². The number of nitrogens with zero attached hydrogens (tertiary/aromatic N) is 3. The number of allylic oxidation sites excluding steroid dienone is 8. The van der Waals surface area contributed by atoms with Crippen molar-refractivity contribution in [3.8, 4) is 0 Å². The van der Waals surface area contributed by atoms with Crippen molar-refractivity contribution in [2.24, 2.45) is 0 Å². The van der Waals surface area contributed by atoms with E-state index in [-0.39, 0.29) is 7.92 Å². The molecule has 0 bridgehead atoms. The van der Waals surface area contributed by atoms with E-state index in [2.05, 4.69) is 84.6 Å². The van der Waals surface area contributed by atoms with Crippen LogP contribution >= 0.6 is 15.8 Å². The predicted molar refractivity (Wildman–Crippen MR) is 153 cm³/mol. The minimum absolute atomic E-state index is 0.329. The predicted octanol–water partition coefficient (Wildman–Crippen LogP) is 6.69. The molecule has 176 valence electrons. The van der Waals surface area contributed by atoms with Crippen LogP contribution in [0.15, 0.2) is 110 Å². The monoisotopic (exact) mass is 479 g/mol. The van der Waals surface area contributed by atoms with Crippen LogP contribution in [0.4, 0.5) is 0 Å². The molecule has 2 aromatic rings. The molecule has 0 N–H and O–H groups in total. The molecule has 0 aliphatic carbocycles. The Morgan fingerprint density at radius 3 is 2.03 bits per heavy atom. The van der Waals surface area contributed by atoms with Gasteiger partial charge < -0.3 is 4.90 Å². The largest absolute Gasteiger partial charge is 0.305 e. The molecule has 2 heterocycles. The zero-order chi connectivity index (χ0) is 24.3. The average Bonchev–Trinajstić information content (AvgIpc) is 2.83. The molecule has 2 unspecified atom stereocenters. The Labute approximate surface area is 204 Å². The molecule has 0 amide bonds. The maximum absolute atomic E-state index is 4.67. The molecule has 0 saturated carbocycles. The number of hydrogen-bond donors (Lipinski definition) is 0. The lowest BCUT2D eigenvalue weighted by Gasteiger charge is -2.25. The first-order valence-electron chi connectivity index (χ1n) is 11.2. The van der Waals surface area contributed by atoms with E-state index in [4.69, 9.17) is 0 Å². The van der Waals surface area contributed by atoms with Crippen LogP contribution in [-0.4, -0.2) is 47.6 Å². The van der Waals surface area contributed by atoms with Gasteiger partial charge in [0.25, 0.3) is 0 Å². The van der Waals surface area contributed by atoms with E-state index in [0.29, 0.717) is 0 Å². The van der Waals surface area contributed by atoms with Crippen molar-refractivity contribution in [1.29, 1.82) is 0 Å². The van der Waals surface area contributed by atoms with Crippen LogP contribution < -0.4 is 10.9 Å². The molecule has 0 fully saturated rings. The van der Waals surface area contributed by atoms with Gasteiger partial charge in [-0.2, -0.15) is 0 Å². The van der Waals surface area contributed by atoms with Crippen molar-refractivity contribution in [2.75, 3.05) is 32.7 Å². The third-order valence-corrected chi connectivity index (χ3v) is 9.82. The van der Waals surface area contributed by atoms with Crippen LogP contribution in [0.25, 0.3) is 0 Å². The molecule has 5 heteroatoms. The van der Waals surface area contributed by atoms with Crippen molar-refractivity contribution in [2.45, 2.75) is 20.3 Å². The molecule has 0 aliphatic rings. The first-order chi connectivity index (χ1) is 16.0. The summed E-state index contributed by atoms with van der Waals surface area (Å²) < 4.78 is 0. The molecule has 2 rings (SSSR count). The smallest absolute Gasteiger partial charge is 0.0672 e. The minimum Gasteiger partial charge on any atom is -0.305 e. The van der Waals surface area contributed by atoms with Crippen LogP contribution in [0.2, 0.25) is 0 Å². The summed E-state index contributed by atoms with van der Waals surface area (Å²) in [6.07, 6.45) is 22.0. The Morgan fingerprint density at radius 1 is 0.909 bits per heavy atom. The number of pyridine rings is 2. The fraction of sp³-hybridized carbons (Fsp3) is 0.286. The normalized spacial score (nSPS) is 13.2. The van der Waals surface area contributed by atoms with Gasteiger partial charge in [-0.15, -0.1) is 0 Å². The summed E-state index contributed by atoms with van der Waals surface area (Å²) in [4.78, 5) is 11.6. The summed E-state index contributed by atoms with van der Waals surface area (Å²) in [7, 11) is 3.46. The van der Waals surface area contributed by atoms with Crippen molar-refractivity contribution in [1.82, 2.24) is 14.9 Å². The third kappa shape index (κ3) is 12.6. The molecular weight excluding hydrogens is 440 g/mol. The lowest BCUT2D eigenvalue weighted by atomic mass is 10.3. The first kappa shape index (κ1) is 28.9. The Balaban J connectivity index is 0.000000981. The summed E-state index contributed by atoms with van der Waals surface area (Å²) >= 11 is 0. The van der Waals surface area contributed by atoms with Crippen molar-refractivity contribution in [3.05, 3.63) is 110 Å². The maximum atomic E-state index is 4.67. The Kier molecular flexibility index (Phi) is 16.0. The summed E-state index contributed by atoms with van der Waals surface area (Å²) in [5, 5.41) is 1.29. The van der Waals surface area contributed by atoms with Gasteiger partial charge in [0, 0.05) is 18.7 Å². The van der Waals surface area contributed by atoms with E-state index in [0.717, 1.165) is 25.0 Å². The van der Waals surface area contributed by atoms with Gasteiger partial charge in [0.2, 0.25) is 0 Å². The average molecular weight is 480 g/mol. The van der Waals surface area contributed by atoms with Crippen LogP contribution in [0.3, 0.4) is 0 Å². The topological polar surface area (TPSA) is 29.0 Å². The van der Waals surface area contributed by atoms with E-state index in [9.17, 15) is 0 Å². The highest BCUT2D eigenvalue weighted by Crippen LogP contribution is 2.47. The standard InChI is InChI=1S/C23H31N3P2.C5H8/c1-5-6-7-8-13-21(2)28(23-15-10-12-17-25-23)19-18-27(20-26(3)4)22-14-9-11-16-24-22;1-3-5-4-2/h5-12,14-17H,2,13,18-20H2,1,3-4H3;3-5H,1H2,2H3/b6-5-,8-7-;5-4-. The molecule has 3 nitrogen and oxygen atoms in total. The SMILES string of the molecule is C=C(C/C=C\C=C/C)P(CCP(CN(C)C)c1ccccn1)c1ccccn1.C=C/C=C\C. The van der Waals surface area contributed by atoms with E-state index < -0.39 is 7.92 Å². The molecule has 0 aliphatic heterocycles. The van der Waals surface area contributed by atoms with E-state index in [1.54, 1.807) is 6.08 Å². The second-order valence-electron chi connectivity index (χ2n) is 7.50. The molecule has 0 aromatic carbocycles. The molecular formula is C28H39N3P2. The van der Waals surface area contributed by atoms with Gasteiger partial charge in [0.05, 0.1) is 10.9 Å². The highest BCUT2D eigenvalue weighted by atomic mass is 31.1. The second kappa shape index (κ2) is 18.3. The van der Waals surface area contributed by atoms with Gasteiger partial charge in [-0.1, -0.05) is 67.8 Å². The Morgan fingerprint density at radius 2 is 1.55 bits per heavy atom. The molecule has 2 aromatic heterocycles. The molecule has 0 spiro atoms. The van der Waals surface area contributed by atoms with Crippen molar-refractivity contribution in [3.63, 3.8) is 0 Å². The highest BCUT2D eigenvalue weighted by Gasteiger charge is 2.20. The Bertz CT molecular complexity index is 875. The van der Waals surface area contributed by atoms with E-state index in [1.165, 1.54) is 16.2 Å². The fourth-order valence-electron chi connectivity index (χ4n) is 2.95. The molecule has 0 saturated heterocycles. The zero-order valence-corrected chi connectivity index (χ0v) is 22.4. The Hall–Kier alpha value is -2.18. The minimum atomic E-state index is -0.497. The zero-order valence-electron chi connectivity index (χ0n) is 20.6. The number of rotatable bonds is 12. The van der Waals surface area contributed by atoms with Crippen LogP contribution in [0, 0.1) is 0 Å². The molecule has 0 radical (unpaired) electrons. The van der Waals surface area contributed by atoms with Crippen molar-refractivity contribution >= 4 is 26.7 Å². The summed E-state index contributed by atoms with van der Waals surface area (Å²) in [6, 6.07) is 12.5. The van der Waals surface area contributed by atoms with Gasteiger partial charge in [0.1, 0.15) is 0 Å². The third-order valence-electron chi connectivity index (χ3n) is 4.45. The quantitative estimate of drug-likeness (QED) is 0.251. The maximum Gasteiger partial charge on any atom is 0.0672 e. The van der Waals surface area contributed by atoms with Gasteiger partial charge in [-0.25, -0.2) is 0 Å². The van der Waals surface area contributed by atoms with Gasteiger partial charge in [-0.05, 0) is 92.1 Å². The van der Waals surface area contributed by atoms with Gasteiger partial charge in [0.15, 0.2) is 0 Å². The van der Waals surface area contributed by atoms with E-state index in [1.807, 2.05) is 56.6 Å². The van der Waals surface area contributed by atoms with Crippen molar-refractivity contribution < 1.29 is 0 Å². The highest BCUT2D eigenvalue weighted by molar-refractivity contribution is 7.71. The number of hydrogen-bond acceptors (Lipinski definition) is 3. The number of aromatic nitrogens is 2. The van der Waals surface area contributed by atoms with Crippen LogP contribution in [0.5, 0.6) is 0 Å².